The highest BCUT2D eigenvalue weighted by molar-refractivity contribution is 5.78. The first kappa shape index (κ1) is 15.0. The van der Waals surface area contributed by atoms with E-state index in [9.17, 15) is 9.90 Å². The largest absolute Gasteiger partial charge is 0.389 e. The topological polar surface area (TPSA) is 58.6 Å². The molecule has 0 radical (unpaired) electrons. The predicted molar refractivity (Wildman–Crippen MR) is 77.1 cm³/mol. The predicted octanol–water partition coefficient (Wildman–Crippen LogP) is 1.87. The number of carbonyl (C=O) groups excluding carboxylic acids is 1. The van der Waals surface area contributed by atoms with E-state index in [1.165, 1.54) is 0 Å². The highest BCUT2D eigenvalue weighted by Crippen LogP contribution is 2.24. The molecule has 0 aliphatic heterocycles. The van der Waals surface area contributed by atoms with Crippen LogP contribution in [0.3, 0.4) is 0 Å². The molecule has 1 unspecified atom stereocenters. The second-order valence-corrected chi connectivity index (χ2v) is 5.38. The van der Waals surface area contributed by atoms with Crippen LogP contribution in [0.4, 0.5) is 0 Å². The summed E-state index contributed by atoms with van der Waals surface area (Å²) in [6, 6.07) is 9.83. The van der Waals surface area contributed by atoms with Crippen LogP contribution in [0, 0.1) is 5.92 Å². The lowest BCUT2D eigenvalue weighted by Crippen LogP contribution is -2.37. The maximum Gasteiger partial charge on any atom is 0.223 e. The summed E-state index contributed by atoms with van der Waals surface area (Å²) >= 11 is 0. The molecule has 1 atom stereocenters. The Morgan fingerprint density at radius 1 is 1.30 bits per heavy atom. The number of hydrogen-bond acceptors (Lipinski definition) is 3. The van der Waals surface area contributed by atoms with E-state index in [0.29, 0.717) is 6.61 Å². The Kier molecular flexibility index (Phi) is 6.02. The second-order valence-electron chi connectivity index (χ2n) is 5.38. The van der Waals surface area contributed by atoms with Crippen molar-refractivity contribution in [2.45, 2.75) is 38.4 Å². The van der Waals surface area contributed by atoms with Gasteiger partial charge in [-0.3, -0.25) is 4.79 Å². The second kappa shape index (κ2) is 8.02. The van der Waals surface area contributed by atoms with Crippen molar-refractivity contribution in [2.24, 2.45) is 5.92 Å². The Labute approximate surface area is 120 Å². The van der Waals surface area contributed by atoms with E-state index in [2.05, 4.69) is 5.32 Å². The fourth-order valence-electron chi connectivity index (χ4n) is 2.50. The third kappa shape index (κ3) is 4.94. The summed E-state index contributed by atoms with van der Waals surface area (Å²) in [6.07, 6.45) is 3.59. The standard InChI is InChI=1S/C16H23NO3/c18-15(10-17-16(19)14-8-4-5-9-14)12-20-11-13-6-2-1-3-7-13/h1-3,6-7,14-15,18H,4-5,8-12H2,(H,17,19). The number of rotatable bonds is 7. The molecule has 0 saturated heterocycles. The lowest BCUT2D eigenvalue weighted by molar-refractivity contribution is -0.125. The highest BCUT2D eigenvalue weighted by Gasteiger charge is 2.22. The molecule has 1 fully saturated rings. The first-order valence-electron chi connectivity index (χ1n) is 7.33. The zero-order valence-corrected chi connectivity index (χ0v) is 11.8. The SMILES string of the molecule is O=C(NCC(O)COCc1ccccc1)C1CCCC1. The van der Waals surface area contributed by atoms with E-state index in [-0.39, 0.29) is 25.0 Å². The van der Waals surface area contributed by atoms with Crippen molar-refractivity contribution in [3.8, 4) is 0 Å². The van der Waals surface area contributed by atoms with Gasteiger partial charge in [-0.2, -0.15) is 0 Å². The minimum atomic E-state index is -0.649. The molecule has 2 rings (SSSR count). The molecule has 0 spiro atoms. The van der Waals surface area contributed by atoms with Gasteiger partial charge in [-0.1, -0.05) is 43.2 Å². The Balaban J connectivity index is 1.58. The number of ether oxygens (including phenoxy) is 1. The number of nitrogens with one attached hydrogen (secondary N) is 1. The van der Waals surface area contributed by atoms with E-state index < -0.39 is 6.10 Å². The molecule has 4 heteroatoms. The molecule has 4 nitrogen and oxygen atoms in total. The van der Waals surface area contributed by atoms with Crippen molar-refractivity contribution in [2.75, 3.05) is 13.2 Å². The van der Waals surface area contributed by atoms with E-state index in [4.69, 9.17) is 4.74 Å². The molecular weight excluding hydrogens is 254 g/mol. The van der Waals surface area contributed by atoms with Crippen LogP contribution in [-0.4, -0.2) is 30.3 Å². The summed E-state index contributed by atoms with van der Waals surface area (Å²) in [5.41, 5.74) is 1.08. The van der Waals surface area contributed by atoms with Crippen molar-refractivity contribution in [3.05, 3.63) is 35.9 Å². The molecule has 1 aliphatic rings. The van der Waals surface area contributed by atoms with Gasteiger partial charge < -0.3 is 15.2 Å². The summed E-state index contributed by atoms with van der Waals surface area (Å²) in [7, 11) is 0. The molecule has 1 aromatic rings. The summed E-state index contributed by atoms with van der Waals surface area (Å²) in [5, 5.41) is 12.6. The molecule has 2 N–H and O–H groups in total. The van der Waals surface area contributed by atoms with Gasteiger partial charge in [-0.15, -0.1) is 0 Å². The molecule has 1 saturated carbocycles. The first-order valence-corrected chi connectivity index (χ1v) is 7.33. The Hall–Kier alpha value is -1.39. The summed E-state index contributed by atoms with van der Waals surface area (Å²) < 4.78 is 5.44. The van der Waals surface area contributed by atoms with Crippen molar-refractivity contribution in [1.82, 2.24) is 5.32 Å². The number of hydrogen-bond donors (Lipinski definition) is 2. The normalized spacial score (nSPS) is 17.1. The highest BCUT2D eigenvalue weighted by atomic mass is 16.5. The quantitative estimate of drug-likeness (QED) is 0.800. The van der Waals surface area contributed by atoms with Gasteiger partial charge in [-0.05, 0) is 18.4 Å². The molecule has 110 valence electrons. The van der Waals surface area contributed by atoms with Gasteiger partial charge in [0.25, 0.3) is 0 Å². The van der Waals surface area contributed by atoms with Gasteiger partial charge in [0.15, 0.2) is 0 Å². The van der Waals surface area contributed by atoms with Gasteiger partial charge in [0.1, 0.15) is 0 Å². The van der Waals surface area contributed by atoms with Crippen LogP contribution >= 0.6 is 0 Å². The Morgan fingerprint density at radius 3 is 2.70 bits per heavy atom. The summed E-state index contributed by atoms with van der Waals surface area (Å²) in [4.78, 5) is 11.8. The van der Waals surface area contributed by atoms with Crippen LogP contribution in [0.25, 0.3) is 0 Å². The molecule has 1 aromatic carbocycles. The molecule has 0 heterocycles. The van der Waals surface area contributed by atoms with Crippen LogP contribution in [0.2, 0.25) is 0 Å². The van der Waals surface area contributed by atoms with Gasteiger partial charge >= 0.3 is 0 Å². The summed E-state index contributed by atoms with van der Waals surface area (Å²) in [6.45, 7) is 0.985. The molecule has 20 heavy (non-hydrogen) atoms. The average Bonchev–Trinajstić information content (AvgIpc) is 3.00. The monoisotopic (exact) mass is 277 g/mol. The third-order valence-electron chi connectivity index (χ3n) is 3.66. The van der Waals surface area contributed by atoms with Gasteiger partial charge in [0.05, 0.1) is 19.3 Å². The van der Waals surface area contributed by atoms with E-state index in [1.807, 2.05) is 30.3 Å². The third-order valence-corrected chi connectivity index (χ3v) is 3.66. The number of carbonyl (C=O) groups is 1. The lowest BCUT2D eigenvalue weighted by atomic mass is 10.1. The fraction of sp³-hybridized carbons (Fsp3) is 0.562. The van der Waals surface area contributed by atoms with Crippen LogP contribution in [-0.2, 0) is 16.1 Å². The zero-order valence-electron chi connectivity index (χ0n) is 11.8. The van der Waals surface area contributed by atoms with Gasteiger partial charge in [0.2, 0.25) is 5.91 Å². The van der Waals surface area contributed by atoms with Crippen LogP contribution in [0.1, 0.15) is 31.2 Å². The number of amides is 1. The Bertz CT molecular complexity index is 401. The fourth-order valence-corrected chi connectivity index (χ4v) is 2.50. The van der Waals surface area contributed by atoms with Crippen LogP contribution in [0.5, 0.6) is 0 Å². The van der Waals surface area contributed by atoms with Gasteiger partial charge in [0, 0.05) is 12.5 Å². The van der Waals surface area contributed by atoms with Crippen molar-refractivity contribution in [1.29, 1.82) is 0 Å². The molecular formula is C16H23NO3. The molecule has 0 aromatic heterocycles. The van der Waals surface area contributed by atoms with Gasteiger partial charge in [-0.25, -0.2) is 0 Å². The van der Waals surface area contributed by atoms with Crippen molar-refractivity contribution in [3.63, 3.8) is 0 Å². The molecule has 1 aliphatic carbocycles. The average molecular weight is 277 g/mol. The van der Waals surface area contributed by atoms with E-state index in [0.717, 1.165) is 31.2 Å². The van der Waals surface area contributed by atoms with E-state index in [1.54, 1.807) is 0 Å². The minimum Gasteiger partial charge on any atom is -0.389 e. The lowest BCUT2D eigenvalue weighted by Gasteiger charge is -2.14. The smallest absolute Gasteiger partial charge is 0.223 e. The number of aliphatic hydroxyl groups is 1. The minimum absolute atomic E-state index is 0.0737. The van der Waals surface area contributed by atoms with Crippen LogP contribution in [0.15, 0.2) is 30.3 Å². The first-order chi connectivity index (χ1) is 9.75. The molecule has 0 bridgehead atoms. The Morgan fingerprint density at radius 2 is 2.00 bits per heavy atom. The molecule has 1 amide bonds. The maximum atomic E-state index is 11.8. The number of aliphatic hydroxyl groups excluding tert-OH is 1. The van der Waals surface area contributed by atoms with Crippen molar-refractivity contribution >= 4 is 5.91 Å². The van der Waals surface area contributed by atoms with Crippen molar-refractivity contribution < 1.29 is 14.6 Å². The van der Waals surface area contributed by atoms with E-state index >= 15 is 0 Å². The zero-order chi connectivity index (χ0) is 14.2. The van der Waals surface area contributed by atoms with Crippen LogP contribution < -0.4 is 5.32 Å². The summed E-state index contributed by atoms with van der Waals surface area (Å²) in [5.74, 6) is 0.219. The maximum absolute atomic E-state index is 11.8. The number of benzene rings is 1.